The van der Waals surface area contributed by atoms with Crippen molar-refractivity contribution in [2.45, 2.75) is 19.9 Å². The van der Waals surface area contributed by atoms with Gasteiger partial charge in [-0.25, -0.2) is 4.98 Å². The normalized spacial score (nSPS) is 11.0. The Morgan fingerprint density at radius 2 is 2.28 bits per heavy atom. The fraction of sp³-hybridized carbons (Fsp3) is 0.545. The maximum atomic E-state index is 10.9. The third-order valence-corrected chi connectivity index (χ3v) is 3.10. The lowest BCUT2D eigenvalue weighted by molar-refractivity contribution is -0.384. The van der Waals surface area contributed by atoms with Gasteiger partial charge in [-0.1, -0.05) is 0 Å². The van der Waals surface area contributed by atoms with Crippen LogP contribution in [0.2, 0.25) is 0 Å². The van der Waals surface area contributed by atoms with Crippen molar-refractivity contribution in [2.75, 3.05) is 25.5 Å². The molecule has 0 aromatic carbocycles. The van der Waals surface area contributed by atoms with Crippen LogP contribution in [0.4, 0.5) is 11.5 Å². The Hall–Kier alpha value is -1.21. The lowest BCUT2D eigenvalue weighted by atomic mass is 10.3. The Kier molecular flexibility index (Phi) is 5.49. The van der Waals surface area contributed by atoms with Crippen molar-refractivity contribution in [2.24, 2.45) is 0 Å². The summed E-state index contributed by atoms with van der Waals surface area (Å²) in [4.78, 5) is 16.6. The number of rotatable bonds is 6. The summed E-state index contributed by atoms with van der Waals surface area (Å²) in [5, 5.41) is 13.9. The molecule has 1 heterocycles. The lowest BCUT2D eigenvalue weighted by Crippen LogP contribution is -2.31. The summed E-state index contributed by atoms with van der Waals surface area (Å²) in [6, 6.07) is 1.89. The SMILES string of the molecule is CC(C)N(C)CCNc1ncc(Br)cc1[N+](=O)[O-]. The Morgan fingerprint density at radius 3 is 2.83 bits per heavy atom. The lowest BCUT2D eigenvalue weighted by Gasteiger charge is -2.20. The van der Waals surface area contributed by atoms with Crippen molar-refractivity contribution in [1.29, 1.82) is 0 Å². The molecule has 0 amide bonds. The van der Waals surface area contributed by atoms with E-state index in [9.17, 15) is 10.1 Å². The molecule has 1 aromatic rings. The maximum absolute atomic E-state index is 10.9. The number of nitrogens with zero attached hydrogens (tertiary/aromatic N) is 3. The van der Waals surface area contributed by atoms with Gasteiger partial charge in [-0.05, 0) is 36.8 Å². The molecule has 0 aliphatic heterocycles. The summed E-state index contributed by atoms with van der Waals surface area (Å²) >= 11 is 3.17. The number of anilines is 1. The molecule has 0 saturated carbocycles. The van der Waals surface area contributed by atoms with Crippen LogP contribution in [-0.4, -0.2) is 41.0 Å². The van der Waals surface area contributed by atoms with E-state index in [-0.39, 0.29) is 5.69 Å². The predicted molar refractivity (Wildman–Crippen MR) is 74.8 cm³/mol. The molecule has 6 nitrogen and oxygen atoms in total. The molecule has 0 spiro atoms. The first-order chi connectivity index (χ1) is 8.41. The summed E-state index contributed by atoms with van der Waals surface area (Å²) in [5.41, 5.74) is -0.0171. The van der Waals surface area contributed by atoms with Gasteiger partial charge in [-0.15, -0.1) is 0 Å². The van der Waals surface area contributed by atoms with E-state index in [2.05, 4.69) is 45.0 Å². The average molecular weight is 317 g/mol. The van der Waals surface area contributed by atoms with Gasteiger partial charge in [0.15, 0.2) is 0 Å². The number of aromatic nitrogens is 1. The van der Waals surface area contributed by atoms with E-state index in [0.717, 1.165) is 6.54 Å². The molecule has 0 fully saturated rings. The van der Waals surface area contributed by atoms with Crippen molar-refractivity contribution >= 4 is 27.4 Å². The molecular weight excluding hydrogens is 300 g/mol. The Labute approximate surface area is 115 Å². The highest BCUT2D eigenvalue weighted by Gasteiger charge is 2.15. The fourth-order valence-electron chi connectivity index (χ4n) is 1.31. The van der Waals surface area contributed by atoms with E-state index >= 15 is 0 Å². The van der Waals surface area contributed by atoms with Crippen LogP contribution in [-0.2, 0) is 0 Å². The molecule has 0 bridgehead atoms. The van der Waals surface area contributed by atoms with Crippen LogP contribution in [0.3, 0.4) is 0 Å². The summed E-state index contributed by atoms with van der Waals surface area (Å²) in [7, 11) is 2.01. The fourth-order valence-corrected chi connectivity index (χ4v) is 1.63. The van der Waals surface area contributed by atoms with E-state index in [1.807, 2.05) is 7.05 Å². The van der Waals surface area contributed by atoms with Gasteiger partial charge in [0.05, 0.1) is 4.92 Å². The first kappa shape index (κ1) is 14.8. The molecule has 0 saturated heterocycles. The molecule has 0 radical (unpaired) electrons. The van der Waals surface area contributed by atoms with Crippen molar-refractivity contribution < 1.29 is 4.92 Å². The second kappa shape index (κ2) is 6.65. The van der Waals surface area contributed by atoms with Crippen LogP contribution in [0, 0.1) is 10.1 Å². The summed E-state index contributed by atoms with van der Waals surface area (Å²) in [6.45, 7) is 5.61. The monoisotopic (exact) mass is 316 g/mol. The molecule has 18 heavy (non-hydrogen) atoms. The van der Waals surface area contributed by atoms with Crippen molar-refractivity contribution in [1.82, 2.24) is 9.88 Å². The quantitative estimate of drug-likeness (QED) is 0.645. The minimum Gasteiger partial charge on any atom is -0.363 e. The van der Waals surface area contributed by atoms with Crippen LogP contribution in [0.1, 0.15) is 13.8 Å². The van der Waals surface area contributed by atoms with Crippen LogP contribution in [0.5, 0.6) is 0 Å². The van der Waals surface area contributed by atoms with E-state index in [1.165, 1.54) is 6.07 Å². The highest BCUT2D eigenvalue weighted by Crippen LogP contribution is 2.24. The molecule has 1 rings (SSSR count). The second-order valence-electron chi connectivity index (χ2n) is 4.28. The first-order valence-electron chi connectivity index (χ1n) is 5.66. The molecule has 1 aromatic heterocycles. The first-order valence-corrected chi connectivity index (χ1v) is 6.45. The van der Waals surface area contributed by atoms with Gasteiger partial charge in [-0.2, -0.15) is 0 Å². The zero-order valence-electron chi connectivity index (χ0n) is 10.7. The Balaban J connectivity index is 2.65. The van der Waals surface area contributed by atoms with Gasteiger partial charge >= 0.3 is 5.69 Å². The average Bonchev–Trinajstić information content (AvgIpc) is 2.30. The third-order valence-electron chi connectivity index (χ3n) is 2.67. The van der Waals surface area contributed by atoms with Gasteiger partial charge in [0.25, 0.3) is 0 Å². The van der Waals surface area contributed by atoms with Gasteiger partial charge in [0.2, 0.25) is 5.82 Å². The maximum Gasteiger partial charge on any atom is 0.312 e. The minimum absolute atomic E-state index is 0.0171. The predicted octanol–water partition coefficient (Wildman–Crippen LogP) is 2.50. The number of hydrogen-bond acceptors (Lipinski definition) is 5. The van der Waals surface area contributed by atoms with Crippen molar-refractivity contribution in [3.63, 3.8) is 0 Å². The summed E-state index contributed by atoms with van der Waals surface area (Å²) in [6.07, 6.45) is 1.54. The zero-order valence-corrected chi connectivity index (χ0v) is 12.3. The van der Waals surface area contributed by atoms with E-state index in [4.69, 9.17) is 0 Å². The standard InChI is InChI=1S/C11H17BrN4O2/c1-8(2)15(3)5-4-13-11-10(16(17)18)6-9(12)7-14-11/h6-8H,4-5H2,1-3H3,(H,13,14). The Morgan fingerprint density at radius 1 is 1.61 bits per heavy atom. The highest BCUT2D eigenvalue weighted by molar-refractivity contribution is 9.10. The summed E-state index contributed by atoms with van der Waals surface area (Å²) < 4.78 is 0.596. The topological polar surface area (TPSA) is 71.3 Å². The van der Waals surface area contributed by atoms with E-state index in [0.29, 0.717) is 22.9 Å². The molecule has 0 unspecified atom stereocenters. The number of pyridine rings is 1. The van der Waals surface area contributed by atoms with Crippen LogP contribution in [0.15, 0.2) is 16.7 Å². The molecular formula is C11H17BrN4O2. The molecule has 100 valence electrons. The number of nitrogens with one attached hydrogen (secondary N) is 1. The van der Waals surface area contributed by atoms with E-state index < -0.39 is 4.92 Å². The molecule has 1 N–H and O–H groups in total. The van der Waals surface area contributed by atoms with Gasteiger partial charge in [-0.3, -0.25) is 10.1 Å². The molecule has 0 aliphatic rings. The van der Waals surface area contributed by atoms with Gasteiger partial charge < -0.3 is 10.2 Å². The van der Waals surface area contributed by atoms with Gasteiger partial charge in [0, 0.05) is 35.9 Å². The van der Waals surface area contributed by atoms with E-state index in [1.54, 1.807) is 6.20 Å². The molecule has 7 heteroatoms. The van der Waals surface area contributed by atoms with Crippen LogP contribution < -0.4 is 5.32 Å². The third kappa shape index (κ3) is 4.23. The number of halogens is 1. The van der Waals surface area contributed by atoms with Crippen molar-refractivity contribution in [3.05, 3.63) is 26.9 Å². The number of likely N-dealkylation sites (N-methyl/N-ethyl adjacent to an activating group) is 1. The molecule has 0 atom stereocenters. The minimum atomic E-state index is -0.438. The van der Waals surface area contributed by atoms with Crippen LogP contribution >= 0.6 is 15.9 Å². The second-order valence-corrected chi connectivity index (χ2v) is 5.20. The van der Waals surface area contributed by atoms with Crippen molar-refractivity contribution in [3.8, 4) is 0 Å². The largest absolute Gasteiger partial charge is 0.363 e. The number of hydrogen-bond donors (Lipinski definition) is 1. The Bertz CT molecular complexity index is 426. The van der Waals surface area contributed by atoms with Crippen LogP contribution in [0.25, 0.3) is 0 Å². The smallest absolute Gasteiger partial charge is 0.312 e. The van der Waals surface area contributed by atoms with Gasteiger partial charge in [0.1, 0.15) is 0 Å². The highest BCUT2D eigenvalue weighted by atomic mass is 79.9. The molecule has 0 aliphatic carbocycles. The number of nitro groups is 1. The zero-order chi connectivity index (χ0) is 13.7. The summed E-state index contributed by atoms with van der Waals surface area (Å²) in [5.74, 6) is 0.306.